The summed E-state index contributed by atoms with van der Waals surface area (Å²) >= 11 is 0. The number of benzene rings is 1. The van der Waals surface area contributed by atoms with Gasteiger partial charge < -0.3 is 15.7 Å². The van der Waals surface area contributed by atoms with Crippen molar-refractivity contribution in [2.24, 2.45) is 0 Å². The fraction of sp³-hybridized carbons (Fsp3) is 0.400. The summed E-state index contributed by atoms with van der Waals surface area (Å²) in [7, 11) is 0. The molecule has 1 unspecified atom stereocenters. The lowest BCUT2D eigenvalue weighted by molar-refractivity contribution is -0.138. The van der Waals surface area contributed by atoms with Crippen LogP contribution in [0.25, 0.3) is 0 Å². The Morgan fingerprint density at radius 2 is 1.81 bits per heavy atom. The molecule has 1 atom stereocenters. The highest BCUT2D eigenvalue weighted by Crippen LogP contribution is 2.10. The van der Waals surface area contributed by atoms with Gasteiger partial charge in [0.05, 0.1) is 0 Å². The first-order valence-electron chi connectivity index (χ1n) is 6.87. The second-order valence-electron chi connectivity index (χ2n) is 4.76. The molecule has 2 amide bonds. The molecule has 1 aromatic carbocycles. The highest BCUT2D eigenvalue weighted by atomic mass is 16.4. The number of amides is 2. The predicted molar refractivity (Wildman–Crippen MR) is 79.2 cm³/mol. The normalized spacial score (nSPS) is 11.5. The van der Waals surface area contributed by atoms with Crippen LogP contribution in [0.3, 0.4) is 0 Å². The molecule has 0 aliphatic carbocycles. The summed E-state index contributed by atoms with van der Waals surface area (Å²) in [4.78, 5) is 34.0. The number of carboxylic acids is 1. The van der Waals surface area contributed by atoms with Crippen molar-refractivity contribution in [3.63, 3.8) is 0 Å². The standard InChI is InChI=1S/C15H20N2O4/c1-3-4-5-13(18)17-12-8-6-11(7-9-12)14(19)16-10(2)15(20)21/h6-10H,3-5H2,1-2H3,(H,16,19)(H,17,18)(H,20,21). The minimum absolute atomic E-state index is 0.0615. The van der Waals surface area contributed by atoms with E-state index in [2.05, 4.69) is 10.6 Å². The van der Waals surface area contributed by atoms with Crippen LogP contribution < -0.4 is 10.6 Å². The number of nitrogens with one attached hydrogen (secondary N) is 2. The quantitative estimate of drug-likeness (QED) is 0.716. The molecular weight excluding hydrogens is 272 g/mol. The first-order valence-corrected chi connectivity index (χ1v) is 6.87. The van der Waals surface area contributed by atoms with Crippen LogP contribution >= 0.6 is 0 Å². The molecule has 3 N–H and O–H groups in total. The highest BCUT2D eigenvalue weighted by molar-refractivity contribution is 5.97. The largest absolute Gasteiger partial charge is 0.480 e. The van der Waals surface area contributed by atoms with Crippen LogP contribution in [0.15, 0.2) is 24.3 Å². The molecule has 0 spiro atoms. The molecule has 114 valence electrons. The van der Waals surface area contributed by atoms with Gasteiger partial charge in [-0.15, -0.1) is 0 Å². The van der Waals surface area contributed by atoms with E-state index in [-0.39, 0.29) is 5.91 Å². The summed E-state index contributed by atoms with van der Waals surface area (Å²) in [5, 5.41) is 13.8. The van der Waals surface area contributed by atoms with Crippen LogP contribution in [0.5, 0.6) is 0 Å². The maximum atomic E-state index is 11.8. The number of hydrogen-bond donors (Lipinski definition) is 3. The topological polar surface area (TPSA) is 95.5 Å². The number of rotatable bonds is 7. The van der Waals surface area contributed by atoms with E-state index in [0.717, 1.165) is 12.8 Å². The van der Waals surface area contributed by atoms with Crippen molar-refractivity contribution >= 4 is 23.5 Å². The Morgan fingerprint density at radius 1 is 1.19 bits per heavy atom. The number of hydrogen-bond acceptors (Lipinski definition) is 3. The maximum absolute atomic E-state index is 11.8. The molecule has 0 heterocycles. The average Bonchev–Trinajstić information content (AvgIpc) is 2.45. The van der Waals surface area contributed by atoms with Crippen molar-refractivity contribution < 1.29 is 19.5 Å². The van der Waals surface area contributed by atoms with E-state index in [1.807, 2.05) is 6.92 Å². The van der Waals surface area contributed by atoms with Gasteiger partial charge in [0.1, 0.15) is 6.04 Å². The van der Waals surface area contributed by atoms with Gasteiger partial charge in [0, 0.05) is 17.7 Å². The van der Waals surface area contributed by atoms with Gasteiger partial charge in [-0.1, -0.05) is 13.3 Å². The first-order chi connectivity index (χ1) is 9.93. The molecule has 21 heavy (non-hydrogen) atoms. The van der Waals surface area contributed by atoms with Crippen molar-refractivity contribution in [2.75, 3.05) is 5.32 Å². The second-order valence-corrected chi connectivity index (χ2v) is 4.76. The smallest absolute Gasteiger partial charge is 0.325 e. The zero-order chi connectivity index (χ0) is 15.8. The Balaban J connectivity index is 2.59. The number of unbranched alkanes of at least 4 members (excludes halogenated alkanes) is 1. The fourth-order valence-electron chi connectivity index (χ4n) is 1.61. The molecule has 0 radical (unpaired) electrons. The van der Waals surface area contributed by atoms with E-state index >= 15 is 0 Å². The summed E-state index contributed by atoms with van der Waals surface area (Å²) < 4.78 is 0. The van der Waals surface area contributed by atoms with Crippen molar-refractivity contribution in [3.8, 4) is 0 Å². The fourth-order valence-corrected chi connectivity index (χ4v) is 1.61. The summed E-state index contributed by atoms with van der Waals surface area (Å²) in [6.45, 7) is 3.40. The molecule has 0 aliphatic heterocycles. The highest BCUT2D eigenvalue weighted by Gasteiger charge is 2.15. The molecule has 1 aromatic rings. The third-order valence-corrected chi connectivity index (χ3v) is 2.91. The van der Waals surface area contributed by atoms with Gasteiger partial charge in [-0.05, 0) is 37.6 Å². The predicted octanol–water partition coefficient (Wildman–Crippen LogP) is 2.02. The summed E-state index contributed by atoms with van der Waals surface area (Å²) in [5.74, 6) is -1.62. The van der Waals surface area contributed by atoms with Crippen LogP contribution in [-0.2, 0) is 9.59 Å². The monoisotopic (exact) mass is 292 g/mol. The number of aliphatic carboxylic acids is 1. The Labute approximate surface area is 123 Å². The SMILES string of the molecule is CCCCC(=O)Nc1ccc(C(=O)NC(C)C(=O)O)cc1. The van der Waals surface area contributed by atoms with Crippen molar-refractivity contribution in [3.05, 3.63) is 29.8 Å². The van der Waals surface area contributed by atoms with E-state index in [1.165, 1.54) is 6.92 Å². The van der Waals surface area contributed by atoms with Crippen LogP contribution in [-0.4, -0.2) is 28.9 Å². The molecule has 1 rings (SSSR count). The lowest BCUT2D eigenvalue weighted by atomic mass is 10.1. The van der Waals surface area contributed by atoms with Gasteiger partial charge in [-0.2, -0.15) is 0 Å². The van der Waals surface area contributed by atoms with E-state index < -0.39 is 17.9 Å². The molecule has 0 aromatic heterocycles. The van der Waals surface area contributed by atoms with Gasteiger partial charge >= 0.3 is 5.97 Å². The van der Waals surface area contributed by atoms with Crippen LogP contribution in [0.1, 0.15) is 43.5 Å². The van der Waals surface area contributed by atoms with Gasteiger partial charge in [-0.25, -0.2) is 0 Å². The van der Waals surface area contributed by atoms with E-state index in [9.17, 15) is 14.4 Å². The number of carbonyl (C=O) groups is 3. The zero-order valence-corrected chi connectivity index (χ0v) is 12.2. The van der Waals surface area contributed by atoms with E-state index in [0.29, 0.717) is 17.7 Å². The number of carbonyl (C=O) groups excluding carboxylic acids is 2. The average molecular weight is 292 g/mol. The molecule has 0 bridgehead atoms. The molecule has 0 saturated carbocycles. The minimum Gasteiger partial charge on any atom is -0.480 e. The third kappa shape index (κ3) is 5.64. The molecule has 0 fully saturated rings. The third-order valence-electron chi connectivity index (χ3n) is 2.91. The second kappa shape index (κ2) is 8.04. The lowest BCUT2D eigenvalue weighted by Crippen LogP contribution is -2.38. The van der Waals surface area contributed by atoms with E-state index in [1.54, 1.807) is 24.3 Å². The maximum Gasteiger partial charge on any atom is 0.325 e. The van der Waals surface area contributed by atoms with Gasteiger partial charge in [-0.3, -0.25) is 14.4 Å². The Bertz CT molecular complexity index is 511. The van der Waals surface area contributed by atoms with Crippen molar-refractivity contribution in [1.29, 1.82) is 0 Å². The Hall–Kier alpha value is -2.37. The molecule has 0 aliphatic rings. The lowest BCUT2D eigenvalue weighted by Gasteiger charge is -2.10. The van der Waals surface area contributed by atoms with Gasteiger partial charge in [0.2, 0.25) is 5.91 Å². The summed E-state index contributed by atoms with van der Waals surface area (Å²) in [5.41, 5.74) is 0.952. The number of anilines is 1. The Kier molecular flexibility index (Phi) is 6.39. The van der Waals surface area contributed by atoms with Gasteiger partial charge in [0.25, 0.3) is 5.91 Å². The van der Waals surface area contributed by atoms with Crippen molar-refractivity contribution in [1.82, 2.24) is 5.32 Å². The van der Waals surface area contributed by atoms with E-state index in [4.69, 9.17) is 5.11 Å². The first kappa shape index (κ1) is 16.7. The minimum atomic E-state index is -1.09. The van der Waals surface area contributed by atoms with Crippen molar-refractivity contribution in [2.45, 2.75) is 39.2 Å². The summed E-state index contributed by atoms with van der Waals surface area (Å²) in [6, 6.07) is 5.36. The molecular formula is C15H20N2O4. The van der Waals surface area contributed by atoms with Crippen LogP contribution in [0, 0.1) is 0 Å². The zero-order valence-electron chi connectivity index (χ0n) is 12.2. The Morgan fingerprint density at radius 3 is 2.33 bits per heavy atom. The van der Waals surface area contributed by atoms with Crippen LogP contribution in [0.4, 0.5) is 5.69 Å². The molecule has 0 saturated heterocycles. The van der Waals surface area contributed by atoms with Gasteiger partial charge in [0.15, 0.2) is 0 Å². The number of carboxylic acid groups (broad SMARTS) is 1. The van der Waals surface area contributed by atoms with Crippen LogP contribution in [0.2, 0.25) is 0 Å². The summed E-state index contributed by atoms with van der Waals surface area (Å²) in [6.07, 6.45) is 2.25. The molecule has 6 nitrogen and oxygen atoms in total. The molecule has 6 heteroatoms.